The van der Waals surface area contributed by atoms with Crippen molar-refractivity contribution in [1.82, 2.24) is 9.78 Å². The predicted molar refractivity (Wildman–Crippen MR) is 103 cm³/mol. The minimum atomic E-state index is -1.14. The van der Waals surface area contributed by atoms with E-state index in [1.54, 1.807) is 10.9 Å². The molecular weight excluding hydrogens is 436 g/mol. The van der Waals surface area contributed by atoms with Crippen LogP contribution in [0.25, 0.3) is 10.4 Å². The van der Waals surface area contributed by atoms with Crippen molar-refractivity contribution in [3.05, 3.63) is 57.6 Å². The van der Waals surface area contributed by atoms with Gasteiger partial charge < -0.3 is 14.6 Å². The average molecular weight is 451 g/mol. The van der Waals surface area contributed by atoms with E-state index in [1.807, 2.05) is 36.5 Å². The number of aliphatic carboxylic acids is 1. The monoisotopic (exact) mass is 450 g/mol. The van der Waals surface area contributed by atoms with Crippen LogP contribution in [0.2, 0.25) is 0 Å². The topological polar surface area (TPSA) is 90.6 Å². The minimum Gasteiger partial charge on any atom is -0.479 e. The Morgan fingerprint density at radius 3 is 2.70 bits per heavy atom. The quantitative estimate of drug-likeness (QED) is 0.552. The Morgan fingerprint density at radius 1 is 1.30 bits per heavy atom. The number of hydrogen-bond donors (Lipinski definition) is 1. The lowest BCUT2D eigenvalue weighted by Gasteiger charge is -2.04. The number of aromatic nitrogens is 2. The zero-order valence-electron chi connectivity index (χ0n) is 14.2. The van der Waals surface area contributed by atoms with Crippen molar-refractivity contribution in [2.45, 2.75) is 6.54 Å². The minimum absolute atomic E-state index is 0.153. The number of hydrogen-bond acceptors (Lipinski definition) is 6. The van der Waals surface area contributed by atoms with Crippen LogP contribution in [-0.2, 0) is 16.1 Å². The molecule has 0 saturated heterocycles. The molecule has 3 aromatic rings. The molecule has 2 aromatic heterocycles. The van der Waals surface area contributed by atoms with Gasteiger partial charge in [-0.25, -0.2) is 9.59 Å². The van der Waals surface area contributed by atoms with Gasteiger partial charge in [0.05, 0.1) is 29.2 Å². The van der Waals surface area contributed by atoms with Gasteiger partial charge in [0.25, 0.3) is 0 Å². The summed E-state index contributed by atoms with van der Waals surface area (Å²) in [6.07, 6.45) is 3.53. The molecule has 3 rings (SSSR count). The molecule has 0 radical (unpaired) electrons. The van der Waals surface area contributed by atoms with Crippen molar-refractivity contribution >= 4 is 39.2 Å². The van der Waals surface area contributed by atoms with Crippen LogP contribution in [0.3, 0.4) is 0 Å². The third kappa shape index (κ3) is 4.37. The maximum Gasteiger partial charge on any atom is 0.351 e. The molecule has 27 heavy (non-hydrogen) atoms. The largest absolute Gasteiger partial charge is 0.479 e. The average Bonchev–Trinajstić information content (AvgIpc) is 3.24. The Balaban J connectivity index is 1.92. The number of ether oxygens (including phenoxy) is 2. The molecule has 1 aromatic carbocycles. The molecule has 1 N–H and O–H groups in total. The van der Waals surface area contributed by atoms with E-state index < -0.39 is 18.5 Å². The van der Waals surface area contributed by atoms with Crippen molar-refractivity contribution in [2.75, 3.05) is 13.7 Å². The number of halogens is 1. The maximum absolute atomic E-state index is 12.0. The number of nitrogens with zero attached hydrogens (tertiary/aromatic N) is 2. The second-order valence-electron chi connectivity index (χ2n) is 5.49. The van der Waals surface area contributed by atoms with Crippen molar-refractivity contribution in [2.24, 2.45) is 0 Å². The third-order valence-corrected chi connectivity index (χ3v) is 5.82. The summed E-state index contributed by atoms with van der Waals surface area (Å²) in [5.74, 6) is -1.58. The Labute approximate surface area is 167 Å². The van der Waals surface area contributed by atoms with Crippen LogP contribution >= 0.6 is 27.3 Å². The molecule has 7 nitrogen and oxygen atoms in total. The number of carboxylic acids is 1. The molecule has 0 aliphatic heterocycles. The molecule has 0 fully saturated rings. The first kappa shape index (κ1) is 19.1. The number of thiophene rings is 1. The first-order chi connectivity index (χ1) is 13.0. The summed E-state index contributed by atoms with van der Waals surface area (Å²) in [5, 5.41) is 13.2. The number of carbonyl (C=O) groups excluding carboxylic acids is 1. The Hall–Kier alpha value is -2.65. The summed E-state index contributed by atoms with van der Waals surface area (Å²) in [6, 6.07) is 9.90. The Kier molecular flexibility index (Phi) is 5.92. The molecule has 0 aliphatic rings. The normalized spacial score (nSPS) is 10.6. The molecule has 2 heterocycles. The van der Waals surface area contributed by atoms with Crippen LogP contribution in [0.4, 0.5) is 0 Å². The van der Waals surface area contributed by atoms with E-state index in [0.29, 0.717) is 15.9 Å². The lowest BCUT2D eigenvalue weighted by molar-refractivity contribution is -0.139. The number of carboxylic acid groups (broad SMARTS) is 1. The van der Waals surface area contributed by atoms with Crippen LogP contribution in [0.5, 0.6) is 5.75 Å². The fourth-order valence-electron chi connectivity index (χ4n) is 2.41. The summed E-state index contributed by atoms with van der Waals surface area (Å²) in [6.45, 7) is 0.0438. The lowest BCUT2D eigenvalue weighted by Crippen LogP contribution is -2.11. The fraction of sp³-hybridized carbons (Fsp3) is 0.167. The van der Waals surface area contributed by atoms with Gasteiger partial charge in [-0.15, -0.1) is 11.3 Å². The van der Waals surface area contributed by atoms with Crippen molar-refractivity contribution in [3.63, 3.8) is 0 Å². The van der Waals surface area contributed by atoms with Gasteiger partial charge >= 0.3 is 11.9 Å². The predicted octanol–water partition coefficient (Wildman–Crippen LogP) is 3.67. The van der Waals surface area contributed by atoms with E-state index in [2.05, 4.69) is 21.0 Å². The van der Waals surface area contributed by atoms with Gasteiger partial charge in [0, 0.05) is 11.8 Å². The number of esters is 1. The summed E-state index contributed by atoms with van der Waals surface area (Å²) in [4.78, 5) is 23.8. The highest BCUT2D eigenvalue weighted by Crippen LogP contribution is 2.45. The number of carbonyl (C=O) groups is 2. The van der Waals surface area contributed by atoms with Crippen LogP contribution < -0.4 is 4.74 Å². The molecule has 0 saturated carbocycles. The number of methoxy groups -OCH3 is 1. The van der Waals surface area contributed by atoms with E-state index in [1.165, 1.54) is 7.11 Å². The van der Waals surface area contributed by atoms with Crippen LogP contribution in [-0.4, -0.2) is 40.5 Å². The van der Waals surface area contributed by atoms with E-state index >= 15 is 0 Å². The first-order valence-electron chi connectivity index (χ1n) is 7.81. The van der Waals surface area contributed by atoms with Gasteiger partial charge in [-0.05, 0) is 21.5 Å². The molecule has 0 unspecified atom stereocenters. The molecule has 9 heteroatoms. The Bertz CT molecular complexity index is 968. The smallest absolute Gasteiger partial charge is 0.351 e. The second kappa shape index (κ2) is 8.36. The van der Waals surface area contributed by atoms with Gasteiger partial charge in [0.15, 0.2) is 17.2 Å². The fourth-order valence-corrected chi connectivity index (χ4v) is 4.36. The van der Waals surface area contributed by atoms with Crippen molar-refractivity contribution < 1.29 is 24.2 Å². The van der Waals surface area contributed by atoms with Crippen LogP contribution in [0.1, 0.15) is 15.2 Å². The van der Waals surface area contributed by atoms with Crippen LogP contribution in [0, 0.1) is 0 Å². The van der Waals surface area contributed by atoms with Gasteiger partial charge in [-0.3, -0.25) is 4.68 Å². The lowest BCUT2D eigenvalue weighted by atomic mass is 10.2. The van der Waals surface area contributed by atoms with Crippen molar-refractivity contribution in [1.29, 1.82) is 0 Å². The Morgan fingerprint density at radius 2 is 2.04 bits per heavy atom. The summed E-state index contributed by atoms with van der Waals surface area (Å²) in [5.41, 5.74) is 1.89. The van der Waals surface area contributed by atoms with Gasteiger partial charge in [0.1, 0.15) is 0 Å². The van der Waals surface area contributed by atoms with E-state index in [-0.39, 0.29) is 10.6 Å². The SMILES string of the molecule is COC(=O)c1sc(-c2cnn(Cc3ccccc3)c2)c(Br)c1OCC(=O)O. The number of rotatable bonds is 7. The van der Waals surface area contributed by atoms with Gasteiger partial charge in [-0.2, -0.15) is 5.10 Å². The molecule has 0 spiro atoms. The van der Waals surface area contributed by atoms with E-state index in [0.717, 1.165) is 22.5 Å². The standard InChI is InChI=1S/C18H15BrN2O5S/c1-25-18(24)17-15(26-10-13(22)23)14(19)16(27-17)12-7-20-21(9-12)8-11-5-3-2-4-6-11/h2-7,9H,8,10H2,1H3,(H,22,23). The highest BCUT2D eigenvalue weighted by molar-refractivity contribution is 9.10. The van der Waals surface area contributed by atoms with Crippen molar-refractivity contribution in [3.8, 4) is 16.2 Å². The van der Waals surface area contributed by atoms with Gasteiger partial charge in [0.2, 0.25) is 0 Å². The third-order valence-electron chi connectivity index (χ3n) is 3.60. The highest BCUT2D eigenvalue weighted by atomic mass is 79.9. The zero-order valence-corrected chi connectivity index (χ0v) is 16.6. The molecular formula is C18H15BrN2O5S. The zero-order chi connectivity index (χ0) is 19.4. The molecule has 140 valence electrons. The molecule has 0 atom stereocenters. The number of benzene rings is 1. The van der Waals surface area contributed by atoms with Crippen LogP contribution in [0.15, 0.2) is 47.2 Å². The van der Waals surface area contributed by atoms with E-state index in [9.17, 15) is 9.59 Å². The highest BCUT2D eigenvalue weighted by Gasteiger charge is 2.25. The molecule has 0 amide bonds. The maximum atomic E-state index is 12.0. The molecule has 0 aliphatic carbocycles. The first-order valence-corrected chi connectivity index (χ1v) is 9.42. The summed E-state index contributed by atoms with van der Waals surface area (Å²) < 4.78 is 12.3. The van der Waals surface area contributed by atoms with E-state index in [4.69, 9.17) is 14.6 Å². The summed E-state index contributed by atoms with van der Waals surface area (Å²) >= 11 is 4.56. The summed E-state index contributed by atoms with van der Waals surface area (Å²) in [7, 11) is 1.26. The van der Waals surface area contributed by atoms with Gasteiger partial charge in [-0.1, -0.05) is 30.3 Å². The molecule has 0 bridgehead atoms. The second-order valence-corrected chi connectivity index (χ2v) is 7.30.